The maximum absolute atomic E-state index is 15.1. The van der Waals surface area contributed by atoms with E-state index < -0.39 is 24.5 Å². The van der Waals surface area contributed by atoms with Gasteiger partial charge in [0.1, 0.15) is 16.8 Å². The number of carbonyl (C=O) groups excluding carboxylic acids is 1. The number of rotatable bonds is 7. The van der Waals surface area contributed by atoms with Gasteiger partial charge in [-0.25, -0.2) is 18.7 Å². The molecule has 4 aliphatic rings. The van der Waals surface area contributed by atoms with Gasteiger partial charge in [0, 0.05) is 18.7 Å². The van der Waals surface area contributed by atoms with E-state index in [0.717, 1.165) is 25.2 Å². The Morgan fingerprint density at radius 3 is 2.97 bits per heavy atom. The van der Waals surface area contributed by atoms with Crippen molar-refractivity contribution in [2.75, 3.05) is 19.0 Å². The number of halogens is 2. The summed E-state index contributed by atoms with van der Waals surface area (Å²) in [6, 6.07) is 3.44. The standard InChI is InChI=1S/C21H23ClFN7O4/c1-32-8-11-2-13-19(24-15(22)7-30(13)29-11)25-16-3-12(27-28-16)18-17(23)14(9-33-18)34-20(31)26-21-4-10(5-21)6-21/h2-3,7,10,14,17-18H,4-6,8-9H2,1H3,(H,26,31)(H2,24,25,27,28)/t10?,14-,17-,18-,21?/m0/s1. The molecule has 3 N–H and O–H groups in total. The molecule has 1 saturated heterocycles. The number of amides is 1. The molecular weight excluding hydrogens is 469 g/mol. The second-order valence-corrected chi connectivity index (χ2v) is 9.56. The number of fused-ring (bicyclic) bond motifs is 1. The van der Waals surface area contributed by atoms with Crippen molar-refractivity contribution in [2.45, 2.75) is 49.8 Å². The summed E-state index contributed by atoms with van der Waals surface area (Å²) in [6.07, 6.45) is 0.479. The third-order valence-electron chi connectivity index (χ3n) is 6.67. The molecule has 180 valence electrons. The highest BCUT2D eigenvalue weighted by molar-refractivity contribution is 6.29. The Morgan fingerprint density at radius 2 is 2.24 bits per heavy atom. The summed E-state index contributed by atoms with van der Waals surface area (Å²) in [6.45, 7) is 0.302. The molecule has 1 amide bonds. The van der Waals surface area contributed by atoms with E-state index in [-0.39, 0.29) is 17.3 Å². The van der Waals surface area contributed by atoms with Crippen LogP contribution in [0.5, 0.6) is 0 Å². The molecule has 0 spiro atoms. The maximum Gasteiger partial charge on any atom is 0.408 e. The van der Waals surface area contributed by atoms with Crippen molar-refractivity contribution in [1.82, 2.24) is 30.1 Å². The van der Waals surface area contributed by atoms with E-state index in [1.165, 1.54) is 0 Å². The average Bonchev–Trinajstić information content (AvgIpc) is 3.44. The van der Waals surface area contributed by atoms with E-state index in [9.17, 15) is 4.79 Å². The number of nitrogens with one attached hydrogen (secondary N) is 3. The van der Waals surface area contributed by atoms with Crippen molar-refractivity contribution in [1.29, 1.82) is 0 Å². The zero-order valence-corrected chi connectivity index (χ0v) is 19.0. The molecule has 3 atom stereocenters. The third kappa shape index (κ3) is 3.75. The number of aromatic amines is 1. The minimum Gasteiger partial charge on any atom is -0.441 e. The molecule has 4 fully saturated rings. The Kier molecular flexibility index (Phi) is 5.12. The van der Waals surface area contributed by atoms with Crippen LogP contribution >= 0.6 is 11.6 Å². The number of nitrogens with zero attached hydrogens (tertiary/aromatic N) is 4. The SMILES string of the molecule is COCc1cc2c(Nc3cc([C@@H]4OC[C@H](OC(=O)NC56CC(C5)C6)[C@@H]4F)[nH]n3)nc(Cl)cn2n1. The monoisotopic (exact) mass is 491 g/mol. The Morgan fingerprint density at radius 1 is 1.41 bits per heavy atom. The number of alkyl carbamates (subject to hydrolysis) is 1. The lowest BCUT2D eigenvalue weighted by atomic mass is 9.50. The summed E-state index contributed by atoms with van der Waals surface area (Å²) in [5.74, 6) is 1.54. The van der Waals surface area contributed by atoms with Gasteiger partial charge in [-0.2, -0.15) is 10.2 Å². The zero-order chi connectivity index (χ0) is 23.4. The van der Waals surface area contributed by atoms with Crippen molar-refractivity contribution >= 4 is 34.8 Å². The number of ether oxygens (including phenoxy) is 3. The molecule has 3 aliphatic carbocycles. The molecule has 3 saturated carbocycles. The van der Waals surface area contributed by atoms with Crippen LogP contribution in [-0.4, -0.2) is 62.4 Å². The predicted octanol–water partition coefficient (Wildman–Crippen LogP) is 3.05. The largest absolute Gasteiger partial charge is 0.441 e. The van der Waals surface area contributed by atoms with E-state index >= 15 is 4.39 Å². The normalized spacial score (nSPS) is 29.5. The first kappa shape index (κ1) is 21.6. The lowest BCUT2D eigenvalue weighted by Gasteiger charge is -2.61. The van der Waals surface area contributed by atoms with Gasteiger partial charge < -0.3 is 24.8 Å². The Labute approximate surface area is 198 Å². The van der Waals surface area contributed by atoms with Crippen LogP contribution in [0.3, 0.4) is 0 Å². The fourth-order valence-electron chi connectivity index (χ4n) is 4.94. The van der Waals surface area contributed by atoms with Crippen LogP contribution in [0, 0.1) is 5.92 Å². The minimum atomic E-state index is -1.53. The van der Waals surface area contributed by atoms with Gasteiger partial charge in [-0.1, -0.05) is 11.6 Å². The Hall–Kier alpha value is -2.96. The van der Waals surface area contributed by atoms with Crippen LogP contribution < -0.4 is 10.6 Å². The summed E-state index contributed by atoms with van der Waals surface area (Å²) in [4.78, 5) is 16.5. The van der Waals surface area contributed by atoms with Gasteiger partial charge in [0.05, 0.1) is 30.8 Å². The summed E-state index contributed by atoms with van der Waals surface area (Å²) in [5.41, 5.74) is 1.66. The fraction of sp³-hybridized carbons (Fsp3) is 0.524. The molecule has 0 aromatic carbocycles. The van der Waals surface area contributed by atoms with Gasteiger partial charge in [-0.15, -0.1) is 0 Å². The molecule has 2 bridgehead atoms. The highest BCUT2D eigenvalue weighted by Crippen LogP contribution is 2.57. The molecule has 0 unspecified atom stereocenters. The van der Waals surface area contributed by atoms with Crippen LogP contribution in [0.25, 0.3) is 5.52 Å². The van der Waals surface area contributed by atoms with Gasteiger partial charge in [0.25, 0.3) is 0 Å². The molecular formula is C21H23ClFN7O4. The molecule has 0 radical (unpaired) electrons. The molecule has 3 aromatic heterocycles. The number of aromatic nitrogens is 5. The number of hydrogen-bond donors (Lipinski definition) is 3. The van der Waals surface area contributed by atoms with Crippen LogP contribution in [0.1, 0.15) is 36.8 Å². The molecule has 3 aromatic rings. The quantitative estimate of drug-likeness (QED) is 0.460. The first-order valence-electron chi connectivity index (χ1n) is 11.0. The number of H-pyrrole nitrogens is 1. The molecule has 7 rings (SSSR count). The first-order valence-corrected chi connectivity index (χ1v) is 11.4. The molecule has 13 heteroatoms. The Bertz CT molecular complexity index is 1230. The van der Waals surface area contributed by atoms with Gasteiger partial charge >= 0.3 is 6.09 Å². The van der Waals surface area contributed by atoms with E-state index in [2.05, 4.69) is 30.9 Å². The highest BCUT2D eigenvalue weighted by Gasteiger charge is 2.58. The lowest BCUT2D eigenvalue weighted by molar-refractivity contribution is -0.0528. The van der Waals surface area contributed by atoms with Gasteiger partial charge in [0.2, 0.25) is 0 Å². The molecule has 1 aliphatic heterocycles. The first-order chi connectivity index (χ1) is 16.4. The minimum absolute atomic E-state index is 0.0365. The average molecular weight is 492 g/mol. The van der Waals surface area contributed by atoms with Gasteiger partial charge in [0.15, 0.2) is 23.9 Å². The van der Waals surface area contributed by atoms with Crippen molar-refractivity contribution in [3.63, 3.8) is 0 Å². The summed E-state index contributed by atoms with van der Waals surface area (Å²) < 4.78 is 32.7. The molecule has 4 heterocycles. The van der Waals surface area contributed by atoms with E-state index in [0.29, 0.717) is 35.1 Å². The second-order valence-electron chi connectivity index (χ2n) is 9.17. The van der Waals surface area contributed by atoms with Crippen molar-refractivity contribution in [2.24, 2.45) is 5.92 Å². The number of methoxy groups -OCH3 is 1. The van der Waals surface area contributed by atoms with Crippen molar-refractivity contribution < 1.29 is 23.4 Å². The lowest BCUT2D eigenvalue weighted by Crippen LogP contribution is -2.68. The summed E-state index contributed by atoms with van der Waals surface area (Å²) >= 11 is 6.13. The second kappa shape index (κ2) is 8.07. The zero-order valence-electron chi connectivity index (χ0n) is 18.3. The third-order valence-corrected chi connectivity index (χ3v) is 6.85. The van der Waals surface area contributed by atoms with Gasteiger partial charge in [-0.3, -0.25) is 5.10 Å². The smallest absolute Gasteiger partial charge is 0.408 e. The van der Waals surface area contributed by atoms with Crippen molar-refractivity contribution in [3.05, 3.63) is 34.9 Å². The van der Waals surface area contributed by atoms with Crippen molar-refractivity contribution in [3.8, 4) is 0 Å². The van der Waals surface area contributed by atoms with Gasteiger partial charge in [-0.05, 0) is 31.2 Å². The number of alkyl halides is 1. The number of hydrogen-bond acceptors (Lipinski definition) is 8. The summed E-state index contributed by atoms with van der Waals surface area (Å²) in [7, 11) is 1.58. The van der Waals surface area contributed by atoms with Crippen LogP contribution in [0.15, 0.2) is 18.3 Å². The van der Waals surface area contributed by atoms with E-state index in [1.807, 2.05) is 6.07 Å². The predicted molar refractivity (Wildman–Crippen MR) is 118 cm³/mol. The van der Waals surface area contributed by atoms with Crippen LogP contribution in [0.2, 0.25) is 5.15 Å². The Balaban J connectivity index is 1.12. The number of carbonyl (C=O) groups is 1. The molecule has 11 nitrogen and oxygen atoms in total. The fourth-order valence-corrected chi connectivity index (χ4v) is 5.12. The number of anilines is 2. The van der Waals surface area contributed by atoms with Crippen LogP contribution in [-0.2, 0) is 20.8 Å². The maximum atomic E-state index is 15.1. The highest BCUT2D eigenvalue weighted by atomic mass is 35.5. The molecule has 34 heavy (non-hydrogen) atoms. The topological polar surface area (TPSA) is 128 Å². The summed E-state index contributed by atoms with van der Waals surface area (Å²) in [5, 5.41) is 17.6. The van der Waals surface area contributed by atoms with Crippen LogP contribution in [0.4, 0.5) is 20.8 Å². The van der Waals surface area contributed by atoms with E-state index in [4.69, 9.17) is 25.8 Å². The van der Waals surface area contributed by atoms with E-state index in [1.54, 1.807) is 23.9 Å².